The van der Waals surface area contributed by atoms with Gasteiger partial charge in [-0.3, -0.25) is 4.79 Å². The van der Waals surface area contributed by atoms with E-state index in [2.05, 4.69) is 5.32 Å². The van der Waals surface area contributed by atoms with Crippen LogP contribution in [0.5, 0.6) is 0 Å². The van der Waals surface area contributed by atoms with Crippen molar-refractivity contribution >= 4 is 21.8 Å². The molecule has 132 valence electrons. The van der Waals surface area contributed by atoms with E-state index in [1.54, 1.807) is 6.07 Å². The Morgan fingerprint density at radius 3 is 2.36 bits per heavy atom. The molecule has 0 unspecified atom stereocenters. The van der Waals surface area contributed by atoms with Crippen molar-refractivity contribution in [2.24, 2.45) is 0 Å². The standard InChI is InChI=1S/C17H18FN3O3S/c18-15-8-4-5-9-16(15)19-17(22)13-21-11-10-20(25(21,23)24)12-14-6-2-1-3-7-14/h1-9H,10-13H2,(H,19,22). The third-order valence-electron chi connectivity index (χ3n) is 3.92. The Labute approximate surface area is 146 Å². The molecule has 1 heterocycles. The molecule has 3 rings (SSSR count). The van der Waals surface area contributed by atoms with Crippen molar-refractivity contribution in [3.8, 4) is 0 Å². The van der Waals surface area contributed by atoms with Crippen LogP contribution in [0, 0.1) is 5.82 Å². The van der Waals surface area contributed by atoms with Crippen molar-refractivity contribution in [2.45, 2.75) is 6.54 Å². The van der Waals surface area contributed by atoms with E-state index < -0.39 is 21.9 Å². The summed E-state index contributed by atoms with van der Waals surface area (Å²) in [4.78, 5) is 12.1. The lowest BCUT2D eigenvalue weighted by molar-refractivity contribution is -0.116. The lowest BCUT2D eigenvalue weighted by Gasteiger charge is -2.18. The molecule has 25 heavy (non-hydrogen) atoms. The fourth-order valence-electron chi connectivity index (χ4n) is 2.64. The molecule has 8 heteroatoms. The Morgan fingerprint density at radius 2 is 1.64 bits per heavy atom. The fraction of sp³-hybridized carbons (Fsp3) is 0.235. The number of carbonyl (C=O) groups excluding carboxylic acids is 1. The van der Waals surface area contributed by atoms with E-state index in [0.29, 0.717) is 6.54 Å². The zero-order chi connectivity index (χ0) is 17.9. The van der Waals surface area contributed by atoms with Crippen LogP contribution < -0.4 is 5.32 Å². The second-order valence-electron chi connectivity index (χ2n) is 5.69. The smallest absolute Gasteiger partial charge is 0.282 e. The van der Waals surface area contributed by atoms with Crippen LogP contribution in [0.25, 0.3) is 0 Å². The maximum Gasteiger partial charge on any atom is 0.282 e. The largest absolute Gasteiger partial charge is 0.322 e. The number of anilines is 1. The zero-order valence-electron chi connectivity index (χ0n) is 13.4. The Bertz CT molecular complexity index is 858. The molecule has 0 spiro atoms. The van der Waals surface area contributed by atoms with Crippen molar-refractivity contribution in [1.82, 2.24) is 8.61 Å². The van der Waals surface area contributed by atoms with Crippen LogP contribution in [0.1, 0.15) is 5.56 Å². The molecule has 2 aromatic rings. The first kappa shape index (κ1) is 17.5. The van der Waals surface area contributed by atoms with Crippen molar-refractivity contribution in [3.63, 3.8) is 0 Å². The minimum Gasteiger partial charge on any atom is -0.322 e. The summed E-state index contributed by atoms with van der Waals surface area (Å²) < 4.78 is 41.1. The summed E-state index contributed by atoms with van der Waals surface area (Å²) in [5.74, 6) is -1.14. The Morgan fingerprint density at radius 1 is 1.00 bits per heavy atom. The van der Waals surface area contributed by atoms with E-state index in [-0.39, 0.29) is 25.3 Å². The number of hydrogen-bond acceptors (Lipinski definition) is 3. The van der Waals surface area contributed by atoms with Gasteiger partial charge in [0.25, 0.3) is 10.2 Å². The van der Waals surface area contributed by atoms with Crippen LogP contribution in [0.2, 0.25) is 0 Å². The van der Waals surface area contributed by atoms with Gasteiger partial charge in [0.2, 0.25) is 5.91 Å². The maximum absolute atomic E-state index is 13.6. The van der Waals surface area contributed by atoms with Crippen LogP contribution in [0.4, 0.5) is 10.1 Å². The van der Waals surface area contributed by atoms with Crippen LogP contribution in [0.3, 0.4) is 0 Å². The number of amides is 1. The second-order valence-corrected chi connectivity index (χ2v) is 7.62. The molecule has 0 aromatic heterocycles. The molecule has 0 aliphatic carbocycles. The number of benzene rings is 2. The molecule has 1 fully saturated rings. The summed E-state index contributed by atoms with van der Waals surface area (Å²) >= 11 is 0. The van der Waals surface area contributed by atoms with E-state index in [9.17, 15) is 17.6 Å². The Balaban J connectivity index is 1.64. The van der Waals surface area contributed by atoms with Crippen molar-refractivity contribution < 1.29 is 17.6 Å². The maximum atomic E-state index is 13.6. The van der Waals surface area contributed by atoms with Crippen LogP contribution >= 0.6 is 0 Å². The average molecular weight is 363 g/mol. The predicted molar refractivity (Wildman–Crippen MR) is 92.4 cm³/mol. The number of carbonyl (C=O) groups is 1. The fourth-order valence-corrected chi connectivity index (χ4v) is 4.18. The molecular weight excluding hydrogens is 345 g/mol. The minimum absolute atomic E-state index is 0.0326. The third kappa shape index (κ3) is 4.04. The quantitative estimate of drug-likeness (QED) is 0.881. The molecule has 0 bridgehead atoms. The molecule has 0 atom stereocenters. The number of nitrogens with one attached hydrogen (secondary N) is 1. The molecule has 1 aliphatic rings. The molecule has 6 nitrogen and oxygen atoms in total. The normalized spacial score (nSPS) is 17.5. The highest BCUT2D eigenvalue weighted by Crippen LogP contribution is 2.20. The highest BCUT2D eigenvalue weighted by atomic mass is 32.2. The average Bonchev–Trinajstić information content (AvgIpc) is 2.85. The first-order valence-corrected chi connectivity index (χ1v) is 9.20. The molecule has 1 aliphatic heterocycles. The van der Waals surface area contributed by atoms with E-state index in [4.69, 9.17) is 0 Å². The van der Waals surface area contributed by atoms with Gasteiger partial charge in [0.05, 0.1) is 12.2 Å². The highest BCUT2D eigenvalue weighted by Gasteiger charge is 2.37. The second kappa shape index (κ2) is 7.30. The Kier molecular flexibility index (Phi) is 5.12. The summed E-state index contributed by atoms with van der Waals surface area (Å²) in [6, 6.07) is 15.0. The van der Waals surface area contributed by atoms with Crippen molar-refractivity contribution in [2.75, 3.05) is 25.0 Å². The topological polar surface area (TPSA) is 69.7 Å². The number of para-hydroxylation sites is 1. The van der Waals surface area contributed by atoms with E-state index in [0.717, 1.165) is 9.87 Å². The van der Waals surface area contributed by atoms with Gasteiger partial charge in [-0.25, -0.2) is 4.39 Å². The van der Waals surface area contributed by atoms with Gasteiger partial charge >= 0.3 is 0 Å². The molecule has 1 amide bonds. The monoisotopic (exact) mass is 363 g/mol. The SMILES string of the molecule is O=C(CN1CCN(Cc2ccccc2)S1(=O)=O)Nc1ccccc1F. The first-order valence-electron chi connectivity index (χ1n) is 7.80. The summed E-state index contributed by atoms with van der Waals surface area (Å²) in [6.45, 7) is 0.445. The zero-order valence-corrected chi connectivity index (χ0v) is 14.2. The van der Waals surface area contributed by atoms with E-state index >= 15 is 0 Å². The summed E-state index contributed by atoms with van der Waals surface area (Å²) in [5, 5.41) is 2.40. The summed E-state index contributed by atoms with van der Waals surface area (Å²) in [6.07, 6.45) is 0. The molecule has 1 saturated heterocycles. The lowest BCUT2D eigenvalue weighted by atomic mass is 10.2. The minimum atomic E-state index is -3.71. The third-order valence-corrected chi connectivity index (χ3v) is 5.85. The van der Waals surface area contributed by atoms with Gasteiger partial charge in [0.15, 0.2) is 0 Å². The molecule has 0 radical (unpaired) electrons. The molecular formula is C17H18FN3O3S. The van der Waals surface area contributed by atoms with Crippen LogP contribution in [-0.4, -0.2) is 42.6 Å². The molecule has 2 aromatic carbocycles. The van der Waals surface area contributed by atoms with Crippen LogP contribution in [0.15, 0.2) is 54.6 Å². The Hall–Kier alpha value is -2.29. The number of halogens is 1. The predicted octanol–water partition coefficient (Wildman–Crippen LogP) is 1.83. The number of nitrogens with zero attached hydrogens (tertiary/aromatic N) is 2. The lowest BCUT2D eigenvalue weighted by Crippen LogP contribution is -2.37. The highest BCUT2D eigenvalue weighted by molar-refractivity contribution is 7.87. The van der Waals surface area contributed by atoms with Crippen molar-refractivity contribution in [1.29, 1.82) is 0 Å². The molecule has 0 saturated carbocycles. The number of rotatable bonds is 5. The summed E-state index contributed by atoms with van der Waals surface area (Å²) in [5.41, 5.74) is 0.911. The molecule has 1 N–H and O–H groups in total. The van der Waals surface area contributed by atoms with Gasteiger partial charge in [0, 0.05) is 19.6 Å². The summed E-state index contributed by atoms with van der Waals surface area (Å²) in [7, 11) is -3.71. The van der Waals surface area contributed by atoms with E-state index in [1.165, 1.54) is 22.5 Å². The van der Waals surface area contributed by atoms with Gasteiger partial charge < -0.3 is 5.32 Å². The van der Waals surface area contributed by atoms with Gasteiger partial charge in [-0.1, -0.05) is 42.5 Å². The van der Waals surface area contributed by atoms with Crippen molar-refractivity contribution in [3.05, 3.63) is 66.0 Å². The number of hydrogen-bond donors (Lipinski definition) is 1. The van der Waals surface area contributed by atoms with Gasteiger partial charge in [-0.15, -0.1) is 0 Å². The first-order chi connectivity index (χ1) is 12.0. The van der Waals surface area contributed by atoms with Gasteiger partial charge in [0.1, 0.15) is 5.82 Å². The van der Waals surface area contributed by atoms with Crippen LogP contribution in [-0.2, 0) is 21.5 Å². The van der Waals surface area contributed by atoms with Gasteiger partial charge in [-0.2, -0.15) is 17.0 Å². The van der Waals surface area contributed by atoms with E-state index in [1.807, 2.05) is 30.3 Å². The van der Waals surface area contributed by atoms with Gasteiger partial charge in [-0.05, 0) is 17.7 Å².